The Morgan fingerprint density at radius 1 is 0.952 bits per heavy atom. The summed E-state index contributed by atoms with van der Waals surface area (Å²) in [5.41, 5.74) is 2.99. The van der Waals surface area contributed by atoms with Crippen LogP contribution in [0.4, 0.5) is 0 Å². The Morgan fingerprint density at radius 3 is 2.67 bits per heavy atom. The molecule has 2 heterocycles. The normalized spacial score (nSPS) is 10.9. The molecule has 0 bridgehead atoms. The highest BCUT2D eigenvalue weighted by Gasteiger charge is 2.04. The second-order valence-corrected chi connectivity index (χ2v) is 4.77. The molecule has 0 aliphatic rings. The zero-order valence-electron chi connectivity index (χ0n) is 11.2. The summed E-state index contributed by atoms with van der Waals surface area (Å²) in [7, 11) is 0. The van der Waals surface area contributed by atoms with Crippen molar-refractivity contribution in [2.24, 2.45) is 0 Å². The predicted molar refractivity (Wildman–Crippen MR) is 82.1 cm³/mol. The van der Waals surface area contributed by atoms with Crippen LogP contribution in [-0.4, -0.2) is 19.5 Å². The first kappa shape index (κ1) is 11.8. The fraction of sp³-hybridized carbons (Fsp3) is 0. The fourth-order valence-electron chi connectivity index (χ4n) is 2.31. The van der Waals surface area contributed by atoms with Crippen LogP contribution >= 0.6 is 0 Å². The number of imidazole rings is 1. The molecule has 4 heteroatoms. The predicted octanol–water partition coefficient (Wildman–Crippen LogP) is 3.48. The van der Waals surface area contributed by atoms with Gasteiger partial charge >= 0.3 is 0 Å². The first-order valence-corrected chi connectivity index (χ1v) is 6.71. The van der Waals surface area contributed by atoms with Gasteiger partial charge in [-0.15, -0.1) is 0 Å². The minimum atomic E-state index is 0.742. The van der Waals surface area contributed by atoms with E-state index in [1.165, 1.54) is 0 Å². The van der Waals surface area contributed by atoms with E-state index in [1.54, 1.807) is 12.5 Å². The molecule has 21 heavy (non-hydrogen) atoms. The Kier molecular flexibility index (Phi) is 2.71. The van der Waals surface area contributed by atoms with Crippen LogP contribution < -0.4 is 0 Å². The molecule has 0 aliphatic heterocycles. The number of rotatable bonds is 2. The average molecular weight is 272 g/mol. The Balaban J connectivity index is 1.86. The number of nitrogens with zero attached hydrogens (tertiary/aromatic N) is 4. The van der Waals surface area contributed by atoms with E-state index in [4.69, 9.17) is 0 Å². The zero-order valence-corrected chi connectivity index (χ0v) is 11.2. The zero-order chi connectivity index (χ0) is 14.1. The van der Waals surface area contributed by atoms with Crippen molar-refractivity contribution < 1.29 is 0 Å². The molecule has 0 fully saturated rings. The summed E-state index contributed by atoms with van der Waals surface area (Å²) in [4.78, 5) is 13.2. The van der Waals surface area contributed by atoms with Crippen LogP contribution in [0.1, 0.15) is 0 Å². The maximum Gasteiger partial charge on any atom is 0.159 e. The fourth-order valence-corrected chi connectivity index (χ4v) is 2.31. The van der Waals surface area contributed by atoms with Gasteiger partial charge in [0.15, 0.2) is 5.82 Å². The van der Waals surface area contributed by atoms with Gasteiger partial charge < -0.3 is 4.57 Å². The van der Waals surface area contributed by atoms with Gasteiger partial charge in [-0.2, -0.15) is 0 Å². The molecule has 2 aromatic heterocycles. The van der Waals surface area contributed by atoms with E-state index in [-0.39, 0.29) is 0 Å². The van der Waals surface area contributed by atoms with Gasteiger partial charge in [-0.05, 0) is 18.2 Å². The third kappa shape index (κ3) is 2.17. The molecule has 0 N–H and O–H groups in total. The lowest BCUT2D eigenvalue weighted by molar-refractivity contribution is 1.06. The van der Waals surface area contributed by atoms with E-state index in [0.29, 0.717) is 0 Å². The highest BCUT2D eigenvalue weighted by atomic mass is 15.0. The van der Waals surface area contributed by atoms with E-state index in [9.17, 15) is 0 Å². The number of hydrogen-bond acceptors (Lipinski definition) is 3. The van der Waals surface area contributed by atoms with Crippen molar-refractivity contribution in [1.29, 1.82) is 0 Å². The van der Waals surface area contributed by atoms with Crippen molar-refractivity contribution in [3.63, 3.8) is 0 Å². The van der Waals surface area contributed by atoms with E-state index in [1.807, 2.05) is 65.5 Å². The first-order valence-electron chi connectivity index (χ1n) is 6.71. The number of hydrogen-bond donors (Lipinski definition) is 0. The summed E-state index contributed by atoms with van der Waals surface area (Å²) in [6.45, 7) is 0. The lowest BCUT2D eigenvalue weighted by Crippen LogP contribution is -1.93. The van der Waals surface area contributed by atoms with Crippen LogP contribution in [0, 0.1) is 0 Å². The lowest BCUT2D eigenvalue weighted by Gasteiger charge is -2.05. The topological polar surface area (TPSA) is 43.6 Å². The van der Waals surface area contributed by atoms with Crippen molar-refractivity contribution in [3.05, 3.63) is 73.4 Å². The summed E-state index contributed by atoms with van der Waals surface area (Å²) in [5.74, 6) is 0.742. The molecule has 0 radical (unpaired) electrons. The first-order chi connectivity index (χ1) is 10.4. The van der Waals surface area contributed by atoms with Gasteiger partial charge in [0, 0.05) is 35.2 Å². The van der Waals surface area contributed by atoms with Crippen molar-refractivity contribution in [1.82, 2.24) is 19.5 Å². The largest absolute Gasteiger partial charge is 0.306 e. The van der Waals surface area contributed by atoms with Gasteiger partial charge in [0.1, 0.15) is 0 Å². The summed E-state index contributed by atoms with van der Waals surface area (Å²) in [5, 5.41) is 1.03. The standard InChI is InChI=1S/C17H12N4/c1-2-4-13(5-3-1)17-19-11-14-6-7-15(10-16(14)20-17)21-9-8-18-12-21/h1-12H. The van der Waals surface area contributed by atoms with Gasteiger partial charge in [0.05, 0.1) is 11.8 Å². The van der Waals surface area contributed by atoms with E-state index >= 15 is 0 Å². The van der Waals surface area contributed by atoms with Crippen LogP contribution in [0.2, 0.25) is 0 Å². The molecule has 0 spiro atoms. The summed E-state index contributed by atoms with van der Waals surface area (Å²) in [6.07, 6.45) is 7.32. The summed E-state index contributed by atoms with van der Waals surface area (Å²) < 4.78 is 1.96. The van der Waals surface area contributed by atoms with E-state index in [2.05, 4.69) is 15.0 Å². The Bertz CT molecular complexity index is 883. The van der Waals surface area contributed by atoms with E-state index < -0.39 is 0 Å². The third-order valence-electron chi connectivity index (χ3n) is 3.40. The SMILES string of the molecule is c1ccc(-c2ncc3ccc(-n4ccnc4)cc3n2)cc1. The van der Waals surface area contributed by atoms with Gasteiger partial charge in [-0.3, -0.25) is 0 Å². The highest BCUT2D eigenvalue weighted by Crippen LogP contribution is 2.20. The van der Waals surface area contributed by atoms with Gasteiger partial charge in [-0.1, -0.05) is 30.3 Å². The van der Waals surface area contributed by atoms with Gasteiger partial charge in [0.25, 0.3) is 0 Å². The van der Waals surface area contributed by atoms with Crippen molar-refractivity contribution in [2.45, 2.75) is 0 Å². The number of aromatic nitrogens is 4. The third-order valence-corrected chi connectivity index (χ3v) is 3.40. The number of benzene rings is 2. The van der Waals surface area contributed by atoms with Crippen LogP contribution in [0.25, 0.3) is 28.0 Å². The molecular weight excluding hydrogens is 260 g/mol. The van der Waals surface area contributed by atoms with Crippen LogP contribution in [0.3, 0.4) is 0 Å². The molecule has 2 aromatic carbocycles. The second-order valence-electron chi connectivity index (χ2n) is 4.77. The molecule has 0 saturated carbocycles. The smallest absolute Gasteiger partial charge is 0.159 e. The van der Waals surface area contributed by atoms with Crippen molar-refractivity contribution in [3.8, 4) is 17.1 Å². The van der Waals surface area contributed by atoms with Crippen molar-refractivity contribution in [2.75, 3.05) is 0 Å². The maximum absolute atomic E-state index is 4.67. The molecule has 0 atom stereocenters. The molecule has 0 amide bonds. The molecule has 4 rings (SSSR count). The lowest BCUT2D eigenvalue weighted by atomic mass is 10.2. The highest BCUT2D eigenvalue weighted by molar-refractivity contribution is 5.81. The Labute approximate surface area is 121 Å². The minimum Gasteiger partial charge on any atom is -0.306 e. The number of fused-ring (bicyclic) bond motifs is 1. The maximum atomic E-state index is 4.67. The molecule has 0 unspecified atom stereocenters. The van der Waals surface area contributed by atoms with Crippen LogP contribution in [0.15, 0.2) is 73.4 Å². The Hall–Kier alpha value is -3.01. The summed E-state index contributed by atoms with van der Waals surface area (Å²) >= 11 is 0. The Morgan fingerprint density at radius 2 is 1.86 bits per heavy atom. The van der Waals surface area contributed by atoms with Crippen LogP contribution in [0.5, 0.6) is 0 Å². The molecule has 100 valence electrons. The molecule has 0 saturated heterocycles. The quantitative estimate of drug-likeness (QED) is 0.561. The second kappa shape index (κ2) is 4.83. The van der Waals surface area contributed by atoms with Gasteiger partial charge in [-0.25, -0.2) is 15.0 Å². The molecule has 4 aromatic rings. The average Bonchev–Trinajstić information content (AvgIpc) is 3.09. The summed E-state index contributed by atoms with van der Waals surface area (Å²) in [6, 6.07) is 16.1. The van der Waals surface area contributed by atoms with E-state index in [0.717, 1.165) is 28.0 Å². The molecule has 4 nitrogen and oxygen atoms in total. The monoisotopic (exact) mass is 272 g/mol. The van der Waals surface area contributed by atoms with Crippen molar-refractivity contribution >= 4 is 10.9 Å². The molecular formula is C17H12N4. The van der Waals surface area contributed by atoms with Crippen LogP contribution in [-0.2, 0) is 0 Å². The molecule has 0 aliphatic carbocycles. The minimum absolute atomic E-state index is 0.742. The van der Waals surface area contributed by atoms with Gasteiger partial charge in [0.2, 0.25) is 0 Å².